The third kappa shape index (κ3) is 3.26. The highest BCUT2D eigenvalue weighted by molar-refractivity contribution is 5.97. The van der Waals surface area contributed by atoms with E-state index in [0.29, 0.717) is 23.6 Å². The molecule has 2 aromatic heterocycles. The predicted molar refractivity (Wildman–Crippen MR) is 94.9 cm³/mol. The Labute approximate surface area is 144 Å². The maximum Gasteiger partial charge on any atom is 0.251 e. The number of hydrogen-bond donors (Lipinski definition) is 1. The van der Waals surface area contributed by atoms with E-state index in [1.165, 1.54) is 0 Å². The Hall–Kier alpha value is -3.47. The molecule has 4 rings (SSSR count). The zero-order chi connectivity index (χ0) is 17.1. The second-order valence-electron chi connectivity index (χ2n) is 5.61. The number of oxazole rings is 1. The Kier molecular flexibility index (Phi) is 3.96. The maximum atomic E-state index is 12.3. The summed E-state index contributed by atoms with van der Waals surface area (Å²) in [5.41, 5.74) is 3.70. The average molecular weight is 329 g/mol. The van der Waals surface area contributed by atoms with Crippen LogP contribution in [0, 0.1) is 0 Å². The van der Waals surface area contributed by atoms with Crippen LogP contribution in [0.1, 0.15) is 15.9 Å². The van der Waals surface area contributed by atoms with Gasteiger partial charge in [0.1, 0.15) is 5.52 Å². The highest BCUT2D eigenvalue weighted by Crippen LogP contribution is 2.24. The molecule has 2 heterocycles. The summed E-state index contributed by atoms with van der Waals surface area (Å²) in [6, 6.07) is 18.7. The van der Waals surface area contributed by atoms with Crippen molar-refractivity contribution in [2.24, 2.45) is 0 Å². The molecule has 0 aliphatic rings. The van der Waals surface area contributed by atoms with Gasteiger partial charge in [0.2, 0.25) is 5.89 Å². The van der Waals surface area contributed by atoms with Crippen LogP contribution < -0.4 is 5.32 Å². The summed E-state index contributed by atoms with van der Waals surface area (Å²) in [4.78, 5) is 20.8. The molecule has 1 N–H and O–H groups in total. The molecule has 0 saturated heterocycles. The van der Waals surface area contributed by atoms with Crippen molar-refractivity contribution in [2.75, 3.05) is 0 Å². The van der Waals surface area contributed by atoms with E-state index < -0.39 is 0 Å². The van der Waals surface area contributed by atoms with Crippen LogP contribution in [0.5, 0.6) is 0 Å². The van der Waals surface area contributed by atoms with E-state index in [4.69, 9.17) is 4.42 Å². The van der Waals surface area contributed by atoms with Gasteiger partial charge in [-0.3, -0.25) is 9.78 Å². The lowest BCUT2D eigenvalue weighted by Gasteiger charge is -2.04. The van der Waals surface area contributed by atoms with Crippen LogP contribution in [0.25, 0.3) is 22.6 Å². The summed E-state index contributed by atoms with van der Waals surface area (Å²) < 4.78 is 5.81. The third-order valence-electron chi connectivity index (χ3n) is 3.85. The van der Waals surface area contributed by atoms with Crippen molar-refractivity contribution in [2.45, 2.75) is 6.54 Å². The first-order valence-corrected chi connectivity index (χ1v) is 7.93. The molecule has 0 aliphatic heterocycles. The molecule has 25 heavy (non-hydrogen) atoms. The smallest absolute Gasteiger partial charge is 0.251 e. The van der Waals surface area contributed by atoms with Crippen molar-refractivity contribution in [3.8, 4) is 11.5 Å². The topological polar surface area (TPSA) is 68.0 Å². The monoisotopic (exact) mass is 329 g/mol. The number of nitrogens with one attached hydrogen (secondary N) is 1. The fourth-order valence-electron chi connectivity index (χ4n) is 2.56. The number of aromatic nitrogens is 2. The second kappa shape index (κ2) is 6.57. The van der Waals surface area contributed by atoms with E-state index in [1.54, 1.807) is 30.6 Å². The number of carbonyl (C=O) groups excluding carboxylic acids is 1. The van der Waals surface area contributed by atoms with Gasteiger partial charge in [0, 0.05) is 30.1 Å². The molecule has 1 amide bonds. The zero-order valence-corrected chi connectivity index (χ0v) is 13.3. The lowest BCUT2D eigenvalue weighted by Crippen LogP contribution is -2.22. The minimum absolute atomic E-state index is 0.164. The highest BCUT2D eigenvalue weighted by Gasteiger charge is 2.11. The first-order valence-electron chi connectivity index (χ1n) is 7.93. The SMILES string of the molecule is O=C(NCc1cccnc1)c1ccc2nc(-c3ccccc3)oc2c1. The summed E-state index contributed by atoms with van der Waals surface area (Å²) in [6.45, 7) is 0.427. The number of benzene rings is 2. The second-order valence-corrected chi connectivity index (χ2v) is 5.61. The molecule has 2 aromatic carbocycles. The van der Waals surface area contributed by atoms with Crippen molar-refractivity contribution >= 4 is 17.0 Å². The fraction of sp³-hybridized carbons (Fsp3) is 0.0500. The number of amides is 1. The molecule has 4 aromatic rings. The zero-order valence-electron chi connectivity index (χ0n) is 13.3. The van der Waals surface area contributed by atoms with Gasteiger partial charge in [0.15, 0.2) is 5.58 Å². The van der Waals surface area contributed by atoms with Gasteiger partial charge in [-0.25, -0.2) is 4.98 Å². The van der Waals surface area contributed by atoms with Crippen molar-refractivity contribution in [3.05, 3.63) is 84.2 Å². The van der Waals surface area contributed by atoms with Crippen LogP contribution in [-0.2, 0) is 6.54 Å². The number of hydrogen-bond acceptors (Lipinski definition) is 4. The minimum Gasteiger partial charge on any atom is -0.436 e. The molecule has 122 valence electrons. The molecule has 0 unspecified atom stereocenters. The van der Waals surface area contributed by atoms with Gasteiger partial charge in [0.05, 0.1) is 0 Å². The number of carbonyl (C=O) groups is 1. The highest BCUT2D eigenvalue weighted by atomic mass is 16.3. The number of nitrogens with zero attached hydrogens (tertiary/aromatic N) is 2. The van der Waals surface area contributed by atoms with E-state index in [1.807, 2.05) is 42.5 Å². The van der Waals surface area contributed by atoms with Crippen molar-refractivity contribution in [1.82, 2.24) is 15.3 Å². The molecular formula is C20H15N3O2. The first kappa shape index (κ1) is 15.1. The summed E-state index contributed by atoms with van der Waals surface area (Å²) in [6.07, 6.45) is 3.43. The summed E-state index contributed by atoms with van der Waals surface area (Å²) in [5, 5.41) is 2.88. The van der Waals surface area contributed by atoms with Gasteiger partial charge >= 0.3 is 0 Å². The van der Waals surface area contributed by atoms with Gasteiger partial charge in [-0.1, -0.05) is 24.3 Å². The first-order chi connectivity index (χ1) is 12.3. The molecule has 5 nitrogen and oxygen atoms in total. The van der Waals surface area contributed by atoms with Crippen LogP contribution in [0.2, 0.25) is 0 Å². The molecule has 0 bridgehead atoms. The molecule has 0 spiro atoms. The Bertz CT molecular complexity index is 1010. The Morgan fingerprint density at radius 3 is 2.72 bits per heavy atom. The van der Waals surface area contributed by atoms with E-state index in [9.17, 15) is 4.79 Å². The Balaban J connectivity index is 1.55. The minimum atomic E-state index is -0.164. The summed E-state index contributed by atoms with van der Waals surface area (Å²) in [7, 11) is 0. The lowest BCUT2D eigenvalue weighted by atomic mass is 10.2. The molecule has 0 saturated carbocycles. The number of rotatable bonds is 4. The van der Waals surface area contributed by atoms with Gasteiger partial charge in [-0.2, -0.15) is 0 Å². The molecule has 0 radical (unpaired) electrons. The average Bonchev–Trinajstić information content (AvgIpc) is 3.11. The molecule has 0 fully saturated rings. The lowest BCUT2D eigenvalue weighted by molar-refractivity contribution is 0.0951. The van der Waals surface area contributed by atoms with Crippen molar-refractivity contribution < 1.29 is 9.21 Å². The molecule has 5 heteroatoms. The maximum absolute atomic E-state index is 12.3. The summed E-state index contributed by atoms with van der Waals surface area (Å²) in [5.74, 6) is 0.381. The van der Waals surface area contributed by atoms with E-state index in [-0.39, 0.29) is 5.91 Å². The Morgan fingerprint density at radius 1 is 1.04 bits per heavy atom. The van der Waals surface area contributed by atoms with Gasteiger partial charge in [-0.15, -0.1) is 0 Å². The van der Waals surface area contributed by atoms with Gasteiger partial charge in [0.25, 0.3) is 5.91 Å². The van der Waals surface area contributed by atoms with Crippen LogP contribution in [-0.4, -0.2) is 15.9 Å². The van der Waals surface area contributed by atoms with Crippen LogP contribution in [0.3, 0.4) is 0 Å². The largest absolute Gasteiger partial charge is 0.436 e. The Morgan fingerprint density at radius 2 is 1.92 bits per heavy atom. The van der Waals surface area contributed by atoms with E-state index in [0.717, 1.165) is 16.6 Å². The summed E-state index contributed by atoms with van der Waals surface area (Å²) >= 11 is 0. The normalized spacial score (nSPS) is 10.7. The van der Waals surface area contributed by atoms with E-state index in [2.05, 4.69) is 15.3 Å². The molecule has 0 aliphatic carbocycles. The molecule has 0 atom stereocenters. The van der Waals surface area contributed by atoms with Crippen LogP contribution in [0.4, 0.5) is 0 Å². The van der Waals surface area contributed by atoms with Gasteiger partial charge < -0.3 is 9.73 Å². The van der Waals surface area contributed by atoms with E-state index >= 15 is 0 Å². The van der Waals surface area contributed by atoms with Crippen LogP contribution in [0.15, 0.2) is 77.5 Å². The van der Waals surface area contributed by atoms with Crippen molar-refractivity contribution in [1.29, 1.82) is 0 Å². The van der Waals surface area contributed by atoms with Crippen LogP contribution >= 0.6 is 0 Å². The molecular weight excluding hydrogens is 314 g/mol. The van der Waals surface area contributed by atoms with Gasteiger partial charge in [-0.05, 0) is 42.0 Å². The third-order valence-corrected chi connectivity index (χ3v) is 3.85. The predicted octanol–water partition coefficient (Wildman–Crippen LogP) is 3.82. The number of fused-ring (bicyclic) bond motifs is 1. The number of pyridine rings is 1. The standard InChI is InChI=1S/C20H15N3O2/c24-19(22-13-14-5-4-10-21-12-14)16-8-9-17-18(11-16)25-20(23-17)15-6-2-1-3-7-15/h1-12H,13H2,(H,22,24). The fourth-order valence-corrected chi connectivity index (χ4v) is 2.56. The van der Waals surface area contributed by atoms with Crippen molar-refractivity contribution in [3.63, 3.8) is 0 Å². The quantitative estimate of drug-likeness (QED) is 0.618.